The summed E-state index contributed by atoms with van der Waals surface area (Å²) in [5.74, 6) is 0. The van der Waals surface area contributed by atoms with E-state index in [1.165, 1.54) is 16.7 Å². The molecular weight excluding hydrogens is 206 g/mol. The van der Waals surface area contributed by atoms with Crippen molar-refractivity contribution < 1.29 is 5.21 Å². The molecule has 0 amide bonds. The number of thiophene rings is 1. The Hall–Kier alpha value is -1.61. The molecule has 0 saturated heterocycles. The van der Waals surface area contributed by atoms with Crippen LogP contribution in [0.25, 0.3) is 10.4 Å². The second-order valence-electron chi connectivity index (χ2n) is 3.26. The maximum Gasteiger partial charge on any atom is 0.0740 e. The van der Waals surface area contributed by atoms with Crippen LogP contribution in [0.3, 0.4) is 0 Å². The molecule has 0 atom stereocenters. The van der Waals surface area contributed by atoms with E-state index in [0.717, 1.165) is 11.1 Å². The Bertz CT molecular complexity index is 488. The third-order valence-corrected chi connectivity index (χ3v) is 3.31. The fraction of sp³-hybridized carbons (Fsp3) is 0.0833. The first-order valence-corrected chi connectivity index (χ1v) is 5.52. The summed E-state index contributed by atoms with van der Waals surface area (Å²) in [4.78, 5) is 1.23. The summed E-state index contributed by atoms with van der Waals surface area (Å²) in [6, 6.07) is 9.99. The van der Waals surface area contributed by atoms with Gasteiger partial charge in [-0.3, -0.25) is 0 Å². The summed E-state index contributed by atoms with van der Waals surface area (Å²) in [7, 11) is 0. The van der Waals surface area contributed by atoms with Crippen LogP contribution in [0.4, 0.5) is 0 Å². The minimum Gasteiger partial charge on any atom is -0.411 e. The largest absolute Gasteiger partial charge is 0.411 e. The van der Waals surface area contributed by atoms with Crippen molar-refractivity contribution in [3.05, 3.63) is 46.8 Å². The summed E-state index contributed by atoms with van der Waals surface area (Å²) in [6.07, 6.45) is 1.47. The number of aryl methyl sites for hydroxylation is 1. The summed E-state index contributed by atoms with van der Waals surface area (Å²) >= 11 is 1.70. The Morgan fingerprint density at radius 1 is 1.27 bits per heavy atom. The van der Waals surface area contributed by atoms with Crippen molar-refractivity contribution in [1.82, 2.24) is 0 Å². The van der Waals surface area contributed by atoms with Crippen molar-refractivity contribution in [2.75, 3.05) is 0 Å². The van der Waals surface area contributed by atoms with Gasteiger partial charge in [-0.05, 0) is 23.9 Å². The van der Waals surface area contributed by atoms with Crippen molar-refractivity contribution in [3.8, 4) is 10.4 Å². The molecule has 76 valence electrons. The fourth-order valence-electron chi connectivity index (χ4n) is 1.53. The van der Waals surface area contributed by atoms with Crippen LogP contribution in [0.15, 0.2) is 40.9 Å². The van der Waals surface area contributed by atoms with Gasteiger partial charge in [-0.1, -0.05) is 29.4 Å². The second-order valence-corrected chi connectivity index (χ2v) is 4.18. The Kier molecular flexibility index (Phi) is 2.83. The number of benzene rings is 1. The highest BCUT2D eigenvalue weighted by Crippen LogP contribution is 2.30. The van der Waals surface area contributed by atoms with Gasteiger partial charge >= 0.3 is 0 Å². The maximum atomic E-state index is 8.58. The van der Waals surface area contributed by atoms with E-state index in [0.29, 0.717) is 0 Å². The smallest absolute Gasteiger partial charge is 0.0740 e. The van der Waals surface area contributed by atoms with Crippen molar-refractivity contribution in [2.24, 2.45) is 5.16 Å². The molecular formula is C12H11NOS. The van der Waals surface area contributed by atoms with E-state index in [9.17, 15) is 0 Å². The highest BCUT2D eigenvalue weighted by Gasteiger charge is 2.06. The lowest BCUT2D eigenvalue weighted by atomic mass is 10.0. The van der Waals surface area contributed by atoms with Gasteiger partial charge in [0.05, 0.1) is 6.21 Å². The molecule has 15 heavy (non-hydrogen) atoms. The standard InChI is InChI=1S/C12H11NOS/c1-9-6-7-15-12(9)11-5-3-2-4-10(11)8-13-14/h2-8,14H,1H3. The van der Waals surface area contributed by atoms with E-state index >= 15 is 0 Å². The quantitative estimate of drug-likeness (QED) is 0.466. The molecule has 0 radical (unpaired) electrons. The number of nitrogens with zero attached hydrogens (tertiary/aromatic N) is 1. The lowest BCUT2D eigenvalue weighted by molar-refractivity contribution is 0.322. The van der Waals surface area contributed by atoms with Gasteiger partial charge in [0.25, 0.3) is 0 Å². The average molecular weight is 217 g/mol. The topological polar surface area (TPSA) is 32.6 Å². The molecule has 2 nitrogen and oxygen atoms in total. The number of oxime groups is 1. The van der Waals surface area contributed by atoms with Crippen LogP contribution < -0.4 is 0 Å². The van der Waals surface area contributed by atoms with Crippen molar-refractivity contribution in [2.45, 2.75) is 6.92 Å². The van der Waals surface area contributed by atoms with Crippen molar-refractivity contribution in [3.63, 3.8) is 0 Å². The predicted octanol–water partition coefficient (Wildman–Crippen LogP) is 3.53. The number of rotatable bonds is 2. The van der Waals surface area contributed by atoms with Crippen molar-refractivity contribution >= 4 is 17.6 Å². The molecule has 0 aliphatic carbocycles. The van der Waals surface area contributed by atoms with Gasteiger partial charge in [-0.25, -0.2) is 0 Å². The van der Waals surface area contributed by atoms with Gasteiger partial charge < -0.3 is 5.21 Å². The minimum absolute atomic E-state index is 0.936. The van der Waals surface area contributed by atoms with E-state index in [4.69, 9.17) is 5.21 Å². The highest BCUT2D eigenvalue weighted by molar-refractivity contribution is 7.13. The molecule has 0 aliphatic heterocycles. The van der Waals surface area contributed by atoms with E-state index in [1.54, 1.807) is 11.3 Å². The van der Waals surface area contributed by atoms with E-state index in [2.05, 4.69) is 23.5 Å². The molecule has 0 aliphatic rings. The molecule has 2 aromatic rings. The van der Waals surface area contributed by atoms with Crippen LogP contribution in [0.5, 0.6) is 0 Å². The minimum atomic E-state index is 0.936. The molecule has 0 fully saturated rings. The zero-order chi connectivity index (χ0) is 10.7. The normalized spacial score (nSPS) is 11.0. The Balaban J connectivity index is 2.57. The van der Waals surface area contributed by atoms with E-state index in [-0.39, 0.29) is 0 Å². The molecule has 1 aromatic heterocycles. The summed E-state index contributed by atoms with van der Waals surface area (Å²) < 4.78 is 0. The Labute approximate surface area is 92.5 Å². The SMILES string of the molecule is Cc1ccsc1-c1ccccc1C=NO. The molecule has 0 saturated carbocycles. The van der Waals surface area contributed by atoms with Gasteiger partial charge in [-0.2, -0.15) is 0 Å². The first-order valence-electron chi connectivity index (χ1n) is 4.64. The van der Waals surface area contributed by atoms with Gasteiger partial charge in [0, 0.05) is 16.0 Å². The zero-order valence-corrected chi connectivity index (χ0v) is 9.16. The first kappa shape index (κ1) is 9.93. The third-order valence-electron chi connectivity index (χ3n) is 2.26. The van der Waals surface area contributed by atoms with Gasteiger partial charge in [-0.15, -0.1) is 11.3 Å². The second kappa shape index (κ2) is 4.28. The molecule has 1 N–H and O–H groups in total. The number of hydrogen-bond acceptors (Lipinski definition) is 3. The highest BCUT2D eigenvalue weighted by atomic mass is 32.1. The van der Waals surface area contributed by atoms with E-state index < -0.39 is 0 Å². The average Bonchev–Trinajstić information content (AvgIpc) is 2.66. The molecule has 1 aromatic carbocycles. The monoisotopic (exact) mass is 217 g/mol. The van der Waals surface area contributed by atoms with Gasteiger partial charge in [0.1, 0.15) is 0 Å². The molecule has 0 bridgehead atoms. The van der Waals surface area contributed by atoms with Crippen LogP contribution >= 0.6 is 11.3 Å². The number of hydrogen-bond donors (Lipinski definition) is 1. The zero-order valence-electron chi connectivity index (χ0n) is 8.34. The Morgan fingerprint density at radius 3 is 2.73 bits per heavy atom. The maximum absolute atomic E-state index is 8.58. The molecule has 0 unspecified atom stereocenters. The predicted molar refractivity (Wildman–Crippen MR) is 63.9 cm³/mol. The van der Waals surface area contributed by atoms with Gasteiger partial charge in [0.2, 0.25) is 0 Å². The lowest BCUT2D eigenvalue weighted by Gasteiger charge is -2.03. The van der Waals surface area contributed by atoms with Crippen LogP contribution in [0.2, 0.25) is 0 Å². The van der Waals surface area contributed by atoms with Crippen molar-refractivity contribution in [1.29, 1.82) is 0 Å². The summed E-state index contributed by atoms with van der Waals surface area (Å²) in [5.41, 5.74) is 3.30. The molecule has 3 heteroatoms. The first-order chi connectivity index (χ1) is 7.33. The summed E-state index contributed by atoms with van der Waals surface area (Å²) in [5, 5.41) is 13.7. The van der Waals surface area contributed by atoms with Crippen LogP contribution in [0.1, 0.15) is 11.1 Å². The molecule has 2 rings (SSSR count). The fourth-order valence-corrected chi connectivity index (χ4v) is 2.50. The van der Waals surface area contributed by atoms with E-state index in [1.807, 2.05) is 24.3 Å². The third kappa shape index (κ3) is 1.92. The van der Waals surface area contributed by atoms with Gasteiger partial charge in [0.15, 0.2) is 0 Å². The molecule has 0 spiro atoms. The Morgan fingerprint density at radius 2 is 2.07 bits per heavy atom. The van der Waals surface area contributed by atoms with Crippen LogP contribution in [-0.4, -0.2) is 11.4 Å². The summed E-state index contributed by atoms with van der Waals surface area (Å²) in [6.45, 7) is 2.08. The lowest BCUT2D eigenvalue weighted by Crippen LogP contribution is -1.86. The van der Waals surface area contributed by atoms with Crippen LogP contribution in [-0.2, 0) is 0 Å². The van der Waals surface area contributed by atoms with Crippen LogP contribution in [0, 0.1) is 6.92 Å². The molecule has 1 heterocycles.